The van der Waals surface area contributed by atoms with Crippen molar-refractivity contribution in [2.24, 2.45) is 5.92 Å². The highest BCUT2D eigenvalue weighted by Gasteiger charge is 2.43. The number of carbonyl (C=O) groups excluding carboxylic acids is 1. The van der Waals surface area contributed by atoms with E-state index in [1.807, 2.05) is 0 Å². The van der Waals surface area contributed by atoms with Crippen LogP contribution in [0.3, 0.4) is 0 Å². The van der Waals surface area contributed by atoms with E-state index in [2.05, 4.69) is 21.4 Å². The average Bonchev–Trinajstić information content (AvgIpc) is 3.38. The second-order valence-corrected chi connectivity index (χ2v) is 6.73. The third-order valence-electron chi connectivity index (χ3n) is 3.99. The molecule has 1 atom stereocenters. The molecule has 1 aromatic carbocycles. The highest BCUT2D eigenvalue weighted by Crippen LogP contribution is 2.39. The second kappa shape index (κ2) is 6.42. The SMILES string of the molecule is C[C@](C#N)(NC(=O)COc1ncnc2c(Cl)cc(Cl)cc12)C1CC1. The summed E-state index contributed by atoms with van der Waals surface area (Å²) in [6, 6.07) is 5.36. The maximum absolute atomic E-state index is 12.1. The molecule has 1 aromatic heterocycles. The number of benzene rings is 1. The molecule has 0 aliphatic heterocycles. The van der Waals surface area contributed by atoms with Gasteiger partial charge in [-0.3, -0.25) is 4.79 Å². The van der Waals surface area contributed by atoms with Crippen LogP contribution in [0.1, 0.15) is 19.8 Å². The standard InChI is InChI=1S/C16H14Cl2N4O2/c1-16(7-19,9-2-3-9)22-13(23)6-24-15-11-4-10(17)5-12(18)14(11)20-8-21-15/h4-5,8-9H,2-3,6H2,1H3,(H,22,23)/t16-/m1/s1. The van der Waals surface area contributed by atoms with E-state index in [1.54, 1.807) is 19.1 Å². The number of nitrogens with zero attached hydrogens (tertiary/aromatic N) is 3. The fourth-order valence-electron chi connectivity index (χ4n) is 2.53. The van der Waals surface area contributed by atoms with Gasteiger partial charge in [0.1, 0.15) is 11.9 Å². The van der Waals surface area contributed by atoms with Crippen LogP contribution >= 0.6 is 23.2 Å². The molecule has 0 bridgehead atoms. The van der Waals surface area contributed by atoms with E-state index in [0.717, 1.165) is 12.8 Å². The zero-order valence-corrected chi connectivity index (χ0v) is 14.4. The lowest BCUT2D eigenvalue weighted by Gasteiger charge is -2.22. The molecule has 0 radical (unpaired) electrons. The molecule has 124 valence electrons. The quantitative estimate of drug-likeness (QED) is 0.880. The number of hydrogen-bond donors (Lipinski definition) is 1. The van der Waals surface area contributed by atoms with Crippen LogP contribution in [-0.2, 0) is 4.79 Å². The highest BCUT2D eigenvalue weighted by atomic mass is 35.5. The monoisotopic (exact) mass is 364 g/mol. The van der Waals surface area contributed by atoms with Gasteiger partial charge in [0.25, 0.3) is 5.91 Å². The molecule has 1 amide bonds. The Bertz CT molecular complexity index is 848. The fourth-order valence-corrected chi connectivity index (χ4v) is 3.07. The van der Waals surface area contributed by atoms with Gasteiger partial charge in [-0.25, -0.2) is 9.97 Å². The topological polar surface area (TPSA) is 87.9 Å². The summed E-state index contributed by atoms with van der Waals surface area (Å²) in [6.07, 6.45) is 3.19. The van der Waals surface area contributed by atoms with E-state index >= 15 is 0 Å². The zero-order valence-electron chi connectivity index (χ0n) is 12.8. The van der Waals surface area contributed by atoms with Gasteiger partial charge in [0.2, 0.25) is 5.88 Å². The van der Waals surface area contributed by atoms with E-state index in [1.165, 1.54) is 6.33 Å². The number of nitrogens with one attached hydrogen (secondary N) is 1. The lowest BCUT2D eigenvalue weighted by molar-refractivity contribution is -0.124. The summed E-state index contributed by atoms with van der Waals surface area (Å²) in [5.41, 5.74) is -0.368. The molecule has 1 heterocycles. The van der Waals surface area contributed by atoms with E-state index < -0.39 is 5.54 Å². The summed E-state index contributed by atoms with van der Waals surface area (Å²) >= 11 is 12.1. The van der Waals surface area contributed by atoms with Crippen LogP contribution in [0.5, 0.6) is 5.88 Å². The Balaban J connectivity index is 1.74. The number of hydrogen-bond acceptors (Lipinski definition) is 5. The minimum Gasteiger partial charge on any atom is -0.467 e. The molecular formula is C16H14Cl2N4O2. The maximum atomic E-state index is 12.1. The summed E-state index contributed by atoms with van der Waals surface area (Å²) in [5.74, 6) is 0.0272. The van der Waals surface area contributed by atoms with E-state index in [0.29, 0.717) is 20.9 Å². The average molecular weight is 365 g/mol. The fraction of sp³-hybridized carbons (Fsp3) is 0.375. The largest absolute Gasteiger partial charge is 0.467 e. The van der Waals surface area contributed by atoms with Crippen LogP contribution in [0.2, 0.25) is 10.0 Å². The normalized spacial score (nSPS) is 16.2. The van der Waals surface area contributed by atoms with Gasteiger partial charge in [-0.1, -0.05) is 23.2 Å². The predicted molar refractivity (Wildman–Crippen MR) is 89.9 cm³/mol. The molecule has 1 aliphatic carbocycles. The van der Waals surface area contributed by atoms with Gasteiger partial charge >= 0.3 is 0 Å². The summed E-state index contributed by atoms with van der Waals surface area (Å²) in [7, 11) is 0. The molecule has 1 N–H and O–H groups in total. The Morgan fingerprint density at radius 2 is 2.21 bits per heavy atom. The van der Waals surface area contributed by atoms with Crippen molar-refractivity contribution in [3.63, 3.8) is 0 Å². The van der Waals surface area contributed by atoms with Gasteiger partial charge in [-0.2, -0.15) is 5.26 Å². The summed E-state index contributed by atoms with van der Waals surface area (Å²) in [5, 5.41) is 13.3. The first kappa shape index (κ1) is 16.7. The molecule has 2 aromatic rings. The predicted octanol–water partition coefficient (Wildman–Crippen LogP) is 3.12. The Labute approximate surface area is 148 Å². The lowest BCUT2D eigenvalue weighted by atomic mass is 9.98. The van der Waals surface area contributed by atoms with Crippen LogP contribution in [0.15, 0.2) is 18.5 Å². The molecule has 24 heavy (non-hydrogen) atoms. The summed E-state index contributed by atoms with van der Waals surface area (Å²) in [4.78, 5) is 20.2. The molecule has 8 heteroatoms. The van der Waals surface area contributed by atoms with Gasteiger partial charge in [0.15, 0.2) is 6.61 Å². The summed E-state index contributed by atoms with van der Waals surface area (Å²) < 4.78 is 5.49. The lowest BCUT2D eigenvalue weighted by Crippen LogP contribution is -2.48. The molecule has 1 fully saturated rings. The first-order chi connectivity index (χ1) is 11.4. The molecule has 1 saturated carbocycles. The zero-order chi connectivity index (χ0) is 17.3. The van der Waals surface area contributed by atoms with Crippen LogP contribution in [-0.4, -0.2) is 28.0 Å². The van der Waals surface area contributed by atoms with Crippen molar-refractivity contribution in [1.82, 2.24) is 15.3 Å². The van der Waals surface area contributed by atoms with Crippen molar-refractivity contribution in [3.8, 4) is 11.9 Å². The number of carbonyl (C=O) groups is 1. The van der Waals surface area contributed by atoms with Crippen LogP contribution in [0.25, 0.3) is 10.9 Å². The van der Waals surface area contributed by atoms with E-state index in [-0.39, 0.29) is 24.3 Å². The Morgan fingerprint density at radius 3 is 2.88 bits per heavy atom. The minimum absolute atomic E-state index is 0.198. The molecule has 0 saturated heterocycles. The molecular weight excluding hydrogens is 351 g/mol. The number of fused-ring (bicyclic) bond motifs is 1. The first-order valence-electron chi connectivity index (χ1n) is 7.38. The molecule has 0 spiro atoms. The first-order valence-corrected chi connectivity index (χ1v) is 8.13. The van der Waals surface area contributed by atoms with Crippen LogP contribution in [0, 0.1) is 17.2 Å². The van der Waals surface area contributed by atoms with Crippen LogP contribution < -0.4 is 10.1 Å². The van der Waals surface area contributed by atoms with Gasteiger partial charge in [-0.15, -0.1) is 0 Å². The van der Waals surface area contributed by atoms with E-state index in [9.17, 15) is 10.1 Å². The number of ether oxygens (including phenoxy) is 1. The minimum atomic E-state index is -0.860. The van der Waals surface area contributed by atoms with Gasteiger partial charge in [-0.05, 0) is 37.8 Å². The van der Waals surface area contributed by atoms with Gasteiger partial charge < -0.3 is 10.1 Å². The van der Waals surface area contributed by atoms with Crippen molar-refractivity contribution >= 4 is 40.0 Å². The smallest absolute Gasteiger partial charge is 0.259 e. The molecule has 0 unspecified atom stereocenters. The molecule has 1 aliphatic rings. The van der Waals surface area contributed by atoms with Crippen molar-refractivity contribution in [1.29, 1.82) is 5.26 Å². The Morgan fingerprint density at radius 1 is 1.46 bits per heavy atom. The van der Waals surface area contributed by atoms with E-state index in [4.69, 9.17) is 27.9 Å². The second-order valence-electron chi connectivity index (χ2n) is 5.89. The van der Waals surface area contributed by atoms with Gasteiger partial charge in [0.05, 0.1) is 22.0 Å². The third kappa shape index (κ3) is 3.37. The molecule has 3 rings (SSSR count). The van der Waals surface area contributed by atoms with Crippen molar-refractivity contribution in [2.45, 2.75) is 25.3 Å². The van der Waals surface area contributed by atoms with Crippen molar-refractivity contribution in [2.75, 3.05) is 6.61 Å². The van der Waals surface area contributed by atoms with Gasteiger partial charge in [0, 0.05) is 5.02 Å². The molecule has 6 nitrogen and oxygen atoms in total. The van der Waals surface area contributed by atoms with Crippen LogP contribution in [0.4, 0.5) is 0 Å². The maximum Gasteiger partial charge on any atom is 0.259 e. The van der Waals surface area contributed by atoms with Crippen molar-refractivity contribution in [3.05, 3.63) is 28.5 Å². The Hall–Kier alpha value is -2.10. The third-order valence-corrected chi connectivity index (χ3v) is 4.49. The number of amides is 1. The highest BCUT2D eigenvalue weighted by molar-refractivity contribution is 6.38. The number of nitriles is 1. The summed E-state index contributed by atoms with van der Waals surface area (Å²) in [6.45, 7) is 1.46. The number of rotatable bonds is 5. The number of halogens is 2. The van der Waals surface area contributed by atoms with Crippen molar-refractivity contribution < 1.29 is 9.53 Å². The Kier molecular flexibility index (Phi) is 4.48. The number of aromatic nitrogens is 2.